The highest BCUT2D eigenvalue weighted by molar-refractivity contribution is 5.55. The third-order valence-corrected chi connectivity index (χ3v) is 7.44. The van der Waals surface area contributed by atoms with Gasteiger partial charge in [0, 0.05) is 51.4 Å². The SMILES string of the molecule is COCCOCC1CN(Cc2ccccc2)CC12CCN(c1ccc(C#N)c(C(F)(F)F)c1)CC2. The van der Waals surface area contributed by atoms with Crippen LogP contribution in [0, 0.1) is 22.7 Å². The first kappa shape index (κ1) is 25.5. The normalized spacial score (nSPS) is 20.3. The lowest BCUT2D eigenvalue weighted by Crippen LogP contribution is -2.45. The van der Waals surface area contributed by atoms with Gasteiger partial charge < -0.3 is 14.4 Å². The number of nitrogens with zero attached hydrogens (tertiary/aromatic N) is 3. The molecule has 2 aromatic rings. The molecule has 2 saturated heterocycles. The molecule has 2 aromatic carbocycles. The minimum absolute atomic E-state index is 0.0673. The maximum absolute atomic E-state index is 13.5. The minimum atomic E-state index is -4.55. The molecule has 35 heavy (non-hydrogen) atoms. The van der Waals surface area contributed by atoms with Gasteiger partial charge in [0.05, 0.1) is 37.0 Å². The highest BCUT2D eigenvalue weighted by Gasteiger charge is 2.48. The van der Waals surface area contributed by atoms with Gasteiger partial charge in [-0.25, -0.2) is 0 Å². The van der Waals surface area contributed by atoms with Crippen molar-refractivity contribution in [2.75, 3.05) is 58.0 Å². The Morgan fingerprint density at radius 2 is 1.83 bits per heavy atom. The van der Waals surface area contributed by atoms with E-state index in [1.165, 1.54) is 11.6 Å². The van der Waals surface area contributed by atoms with Crippen molar-refractivity contribution in [2.45, 2.75) is 25.6 Å². The summed E-state index contributed by atoms with van der Waals surface area (Å²) in [5.74, 6) is 0.358. The Labute approximate surface area is 205 Å². The van der Waals surface area contributed by atoms with Crippen LogP contribution >= 0.6 is 0 Å². The van der Waals surface area contributed by atoms with Gasteiger partial charge in [0.15, 0.2) is 0 Å². The second-order valence-electron chi connectivity index (χ2n) is 9.61. The van der Waals surface area contributed by atoms with Gasteiger partial charge in [-0.1, -0.05) is 30.3 Å². The van der Waals surface area contributed by atoms with Gasteiger partial charge in [0.1, 0.15) is 0 Å². The number of methoxy groups -OCH3 is 1. The van der Waals surface area contributed by atoms with E-state index in [-0.39, 0.29) is 11.0 Å². The molecule has 0 bridgehead atoms. The van der Waals surface area contributed by atoms with E-state index >= 15 is 0 Å². The Hall–Kier alpha value is -2.60. The highest BCUT2D eigenvalue weighted by Crippen LogP contribution is 2.46. The summed E-state index contributed by atoms with van der Waals surface area (Å²) in [4.78, 5) is 4.50. The molecular weight excluding hydrogens is 455 g/mol. The lowest BCUT2D eigenvalue weighted by Gasteiger charge is -2.43. The number of hydrogen-bond acceptors (Lipinski definition) is 5. The molecule has 188 valence electrons. The first-order valence-corrected chi connectivity index (χ1v) is 12.0. The number of benzene rings is 2. The summed E-state index contributed by atoms with van der Waals surface area (Å²) >= 11 is 0. The first-order valence-electron chi connectivity index (χ1n) is 12.0. The fourth-order valence-corrected chi connectivity index (χ4v) is 5.54. The predicted molar refractivity (Wildman–Crippen MR) is 128 cm³/mol. The molecule has 1 unspecified atom stereocenters. The van der Waals surface area contributed by atoms with Crippen molar-refractivity contribution in [3.05, 3.63) is 65.2 Å². The lowest BCUT2D eigenvalue weighted by atomic mass is 9.71. The summed E-state index contributed by atoms with van der Waals surface area (Å²) in [6.07, 6.45) is -2.78. The zero-order chi connectivity index (χ0) is 24.9. The molecule has 2 aliphatic heterocycles. The smallest absolute Gasteiger partial charge is 0.382 e. The van der Waals surface area contributed by atoms with E-state index in [1.54, 1.807) is 19.2 Å². The molecule has 0 aromatic heterocycles. The summed E-state index contributed by atoms with van der Waals surface area (Å²) in [5, 5.41) is 9.10. The number of hydrogen-bond donors (Lipinski definition) is 0. The van der Waals surface area contributed by atoms with Crippen LogP contribution in [0.3, 0.4) is 0 Å². The monoisotopic (exact) mass is 487 g/mol. The van der Waals surface area contributed by atoms with E-state index in [9.17, 15) is 13.2 Å². The van der Waals surface area contributed by atoms with Crippen LogP contribution in [0.1, 0.15) is 29.5 Å². The van der Waals surface area contributed by atoms with Gasteiger partial charge in [-0.15, -0.1) is 0 Å². The van der Waals surface area contributed by atoms with Crippen molar-refractivity contribution in [3.63, 3.8) is 0 Å². The molecule has 2 fully saturated rings. The average Bonchev–Trinajstić information content (AvgIpc) is 3.18. The number of nitriles is 1. The summed E-state index contributed by atoms with van der Waals surface area (Å²) < 4.78 is 51.5. The van der Waals surface area contributed by atoms with Crippen molar-refractivity contribution < 1.29 is 22.6 Å². The van der Waals surface area contributed by atoms with Gasteiger partial charge in [-0.3, -0.25) is 4.90 Å². The van der Waals surface area contributed by atoms with Crippen LogP contribution < -0.4 is 4.90 Å². The van der Waals surface area contributed by atoms with Crippen LogP contribution in [0.5, 0.6) is 0 Å². The molecule has 2 heterocycles. The van der Waals surface area contributed by atoms with E-state index in [0.29, 0.717) is 44.5 Å². The zero-order valence-corrected chi connectivity index (χ0v) is 20.1. The van der Waals surface area contributed by atoms with Crippen LogP contribution in [-0.2, 0) is 22.2 Å². The molecule has 5 nitrogen and oxygen atoms in total. The minimum Gasteiger partial charge on any atom is -0.382 e. The molecule has 8 heteroatoms. The third-order valence-electron chi connectivity index (χ3n) is 7.44. The fourth-order valence-electron chi connectivity index (χ4n) is 5.54. The second-order valence-corrected chi connectivity index (χ2v) is 9.61. The quantitative estimate of drug-likeness (QED) is 0.493. The summed E-state index contributed by atoms with van der Waals surface area (Å²) in [7, 11) is 1.66. The van der Waals surface area contributed by atoms with E-state index in [1.807, 2.05) is 11.0 Å². The van der Waals surface area contributed by atoms with Crippen LogP contribution in [-0.4, -0.2) is 58.0 Å². The fraction of sp³-hybridized carbons (Fsp3) is 0.519. The van der Waals surface area contributed by atoms with Gasteiger partial charge in [-0.05, 0) is 42.0 Å². The van der Waals surface area contributed by atoms with Gasteiger partial charge in [0.2, 0.25) is 0 Å². The molecule has 1 spiro atoms. The molecule has 1 atom stereocenters. The maximum atomic E-state index is 13.5. The summed E-state index contributed by atoms with van der Waals surface area (Å²) in [6.45, 7) is 5.90. The Morgan fingerprint density at radius 3 is 2.49 bits per heavy atom. The average molecular weight is 488 g/mol. The number of anilines is 1. The molecule has 0 radical (unpaired) electrons. The van der Waals surface area contributed by atoms with Gasteiger partial charge in [-0.2, -0.15) is 18.4 Å². The Morgan fingerprint density at radius 1 is 1.09 bits per heavy atom. The van der Waals surface area contributed by atoms with Crippen LogP contribution in [0.2, 0.25) is 0 Å². The van der Waals surface area contributed by atoms with Crippen LogP contribution in [0.4, 0.5) is 18.9 Å². The second kappa shape index (κ2) is 11.0. The zero-order valence-electron chi connectivity index (χ0n) is 20.1. The first-order chi connectivity index (χ1) is 16.8. The van der Waals surface area contributed by atoms with Gasteiger partial charge >= 0.3 is 6.18 Å². The van der Waals surface area contributed by atoms with Gasteiger partial charge in [0.25, 0.3) is 0 Å². The number of ether oxygens (including phenoxy) is 2. The lowest BCUT2D eigenvalue weighted by molar-refractivity contribution is -0.137. The van der Waals surface area contributed by atoms with Crippen LogP contribution in [0.15, 0.2) is 48.5 Å². The van der Waals surface area contributed by atoms with E-state index in [4.69, 9.17) is 14.7 Å². The van der Waals surface area contributed by atoms with Crippen molar-refractivity contribution in [1.82, 2.24) is 4.90 Å². The van der Waals surface area contributed by atoms with E-state index in [2.05, 4.69) is 29.2 Å². The standard InChI is InChI=1S/C27H32F3N3O2/c1-34-13-14-35-19-23-18-32(17-21-5-3-2-4-6-21)20-26(23)9-11-33(12-10-26)24-8-7-22(16-31)25(15-24)27(28,29)30/h2-8,15,23H,9-14,17-20H2,1H3. The molecule has 0 aliphatic carbocycles. The van der Waals surface area contributed by atoms with Crippen molar-refractivity contribution in [1.29, 1.82) is 5.26 Å². The largest absolute Gasteiger partial charge is 0.417 e. The molecule has 0 N–H and O–H groups in total. The molecular formula is C27H32F3N3O2. The van der Waals surface area contributed by atoms with Crippen molar-refractivity contribution in [3.8, 4) is 6.07 Å². The molecule has 4 rings (SSSR count). The van der Waals surface area contributed by atoms with Crippen molar-refractivity contribution >= 4 is 5.69 Å². The van der Waals surface area contributed by atoms with E-state index < -0.39 is 11.7 Å². The summed E-state index contributed by atoms with van der Waals surface area (Å²) in [5.41, 5.74) is 0.668. The number of piperidine rings is 1. The topological polar surface area (TPSA) is 48.7 Å². The molecule has 0 saturated carbocycles. The number of halogens is 3. The van der Waals surface area contributed by atoms with E-state index in [0.717, 1.165) is 38.5 Å². The number of alkyl halides is 3. The molecule has 2 aliphatic rings. The Balaban J connectivity index is 1.47. The van der Waals surface area contributed by atoms with Crippen molar-refractivity contribution in [2.24, 2.45) is 11.3 Å². The Bertz CT molecular complexity index is 1010. The predicted octanol–water partition coefficient (Wildman–Crippen LogP) is 4.96. The molecule has 0 amide bonds. The third kappa shape index (κ3) is 5.97. The highest BCUT2D eigenvalue weighted by atomic mass is 19.4. The number of likely N-dealkylation sites (tertiary alicyclic amines) is 1. The number of rotatable bonds is 8. The Kier molecular flexibility index (Phi) is 8.00. The van der Waals surface area contributed by atoms with Crippen LogP contribution in [0.25, 0.3) is 0 Å². The maximum Gasteiger partial charge on any atom is 0.417 e. The summed E-state index contributed by atoms with van der Waals surface area (Å²) in [6, 6.07) is 16.1.